The number of ether oxygens (including phenoxy) is 1. The molecule has 412 valence electrons. The van der Waals surface area contributed by atoms with Gasteiger partial charge in [0.05, 0.1) is 12.8 Å². The largest absolute Gasteiger partial charge is 0.481 e. The molecule has 0 aliphatic carbocycles. The quantitative estimate of drug-likeness (QED) is 0.0498. The lowest BCUT2D eigenvalue weighted by Gasteiger charge is -2.29. The Morgan fingerprint density at radius 2 is 0.861 bits per heavy atom. The maximum atomic E-state index is 14.2. The Hall–Kier alpha value is -5.30. The standard InChI is InChI=1S/C52H91N7O13/c1-29(2)19-17-15-13-14-16-18-20-35-27-42(60)53-36(21-22-43(61)62)46(65)54-37(23-30(3)4)47(66)56-39(25-32(7)8)50(69)59-45(34(11)12)51(70)57-40(28-44(63)64)49(68)55-38(24-31(5)6)48(67)58-41(26-33(9)10)52(71)72-35/h29-41,45H,13-28H2,1-12H3,(H,53,60)(H,54,65)(H,55,68)(H,56,66)(H,57,70)(H,58,67)(H,59,69)(H,61,62)(H,63,64). The molecular weight excluding hydrogens is 931 g/mol. The highest BCUT2D eigenvalue weighted by Crippen LogP contribution is 2.19. The number of cyclic esters (lactones) is 1. The van der Waals surface area contributed by atoms with Gasteiger partial charge in [0.15, 0.2) is 0 Å². The van der Waals surface area contributed by atoms with Crippen LogP contribution in [0.5, 0.6) is 0 Å². The number of nitrogens with one attached hydrogen (secondary N) is 7. The van der Waals surface area contributed by atoms with Crippen molar-refractivity contribution in [3.05, 3.63) is 0 Å². The fraction of sp³-hybridized carbons (Fsp3) is 0.808. The van der Waals surface area contributed by atoms with Crippen molar-refractivity contribution in [3.63, 3.8) is 0 Å². The van der Waals surface area contributed by atoms with Gasteiger partial charge in [-0.25, -0.2) is 4.79 Å². The van der Waals surface area contributed by atoms with E-state index in [9.17, 15) is 58.2 Å². The van der Waals surface area contributed by atoms with Gasteiger partial charge in [-0.15, -0.1) is 0 Å². The first kappa shape index (κ1) is 64.7. The summed E-state index contributed by atoms with van der Waals surface area (Å²) in [5, 5.41) is 37.9. The van der Waals surface area contributed by atoms with Crippen molar-refractivity contribution in [2.24, 2.45) is 35.5 Å². The van der Waals surface area contributed by atoms with Crippen molar-refractivity contribution >= 4 is 59.3 Å². The molecule has 7 amide bonds. The first-order valence-corrected chi connectivity index (χ1v) is 26.3. The third-order valence-electron chi connectivity index (χ3n) is 12.1. The van der Waals surface area contributed by atoms with Crippen LogP contribution in [-0.2, 0) is 52.7 Å². The molecule has 0 bridgehead atoms. The summed E-state index contributed by atoms with van der Waals surface area (Å²) >= 11 is 0. The number of esters is 1. The summed E-state index contributed by atoms with van der Waals surface area (Å²) in [6, 6.07) is -9.64. The Morgan fingerprint density at radius 1 is 0.458 bits per heavy atom. The van der Waals surface area contributed by atoms with Crippen LogP contribution in [0, 0.1) is 35.5 Å². The second kappa shape index (κ2) is 33.4. The highest BCUT2D eigenvalue weighted by molar-refractivity contribution is 5.98. The Kier molecular flexibility index (Phi) is 30.0. The van der Waals surface area contributed by atoms with Crippen molar-refractivity contribution < 1.29 is 62.9 Å². The van der Waals surface area contributed by atoms with Crippen LogP contribution in [-0.4, -0.2) is 118 Å². The molecule has 20 heteroatoms. The highest BCUT2D eigenvalue weighted by Gasteiger charge is 2.37. The van der Waals surface area contributed by atoms with E-state index in [0.717, 1.165) is 38.5 Å². The molecule has 20 nitrogen and oxygen atoms in total. The molecule has 1 fully saturated rings. The van der Waals surface area contributed by atoms with Gasteiger partial charge in [0.1, 0.15) is 48.4 Å². The topological polar surface area (TPSA) is 305 Å². The SMILES string of the molecule is CC(C)CCCCCCCCC1CC(=O)NC(CCC(=O)O)C(=O)NC(CC(C)C)C(=O)NC(CC(C)C)C(=O)NC(C(C)C)C(=O)NC(CC(=O)O)C(=O)NC(CC(C)C)C(=O)NC(CC(C)C)C(=O)O1. The van der Waals surface area contributed by atoms with Crippen LogP contribution in [0.4, 0.5) is 0 Å². The van der Waals surface area contributed by atoms with E-state index >= 15 is 0 Å². The second-order valence-corrected chi connectivity index (χ2v) is 22.1. The van der Waals surface area contributed by atoms with E-state index in [1.54, 1.807) is 55.4 Å². The van der Waals surface area contributed by atoms with Gasteiger partial charge >= 0.3 is 17.9 Å². The van der Waals surface area contributed by atoms with Crippen LogP contribution >= 0.6 is 0 Å². The normalized spacial score (nSPS) is 24.2. The Bertz CT molecular complexity index is 1790. The van der Waals surface area contributed by atoms with Crippen molar-refractivity contribution in [3.8, 4) is 0 Å². The zero-order valence-electron chi connectivity index (χ0n) is 45.3. The molecule has 1 saturated heterocycles. The summed E-state index contributed by atoms with van der Waals surface area (Å²) in [6.07, 6.45) is 3.79. The molecule has 8 unspecified atom stereocenters. The van der Waals surface area contributed by atoms with Crippen LogP contribution in [0.1, 0.15) is 186 Å². The molecular formula is C52H91N7O13. The monoisotopic (exact) mass is 1020 g/mol. The smallest absolute Gasteiger partial charge is 0.328 e. The molecule has 8 atom stereocenters. The van der Waals surface area contributed by atoms with E-state index in [1.807, 2.05) is 13.8 Å². The van der Waals surface area contributed by atoms with Crippen LogP contribution in [0.2, 0.25) is 0 Å². The van der Waals surface area contributed by atoms with Gasteiger partial charge in [-0.05, 0) is 80.5 Å². The van der Waals surface area contributed by atoms with Gasteiger partial charge in [-0.1, -0.05) is 122 Å². The van der Waals surface area contributed by atoms with E-state index < -0.39 is 133 Å². The van der Waals surface area contributed by atoms with Crippen LogP contribution in [0.3, 0.4) is 0 Å². The predicted octanol–water partition coefficient (Wildman–Crippen LogP) is 4.65. The lowest BCUT2D eigenvalue weighted by atomic mass is 9.98. The fourth-order valence-electron chi connectivity index (χ4n) is 8.40. The maximum absolute atomic E-state index is 14.2. The number of carboxylic acid groups (broad SMARTS) is 2. The minimum Gasteiger partial charge on any atom is -0.481 e. The average Bonchev–Trinajstić information content (AvgIpc) is 3.24. The number of aliphatic carboxylic acids is 2. The molecule has 9 N–H and O–H groups in total. The maximum Gasteiger partial charge on any atom is 0.328 e. The molecule has 72 heavy (non-hydrogen) atoms. The molecule has 0 aromatic heterocycles. The van der Waals surface area contributed by atoms with E-state index in [4.69, 9.17) is 4.74 Å². The number of carboxylic acids is 2. The molecule has 1 heterocycles. The van der Waals surface area contributed by atoms with Gasteiger partial charge in [-0.3, -0.25) is 43.2 Å². The number of hydrogen-bond acceptors (Lipinski definition) is 11. The minimum absolute atomic E-state index is 0.0390. The number of hydrogen-bond donors (Lipinski definition) is 9. The van der Waals surface area contributed by atoms with Crippen LogP contribution in [0.15, 0.2) is 0 Å². The third-order valence-corrected chi connectivity index (χ3v) is 12.1. The Labute approximate surface area is 428 Å². The summed E-state index contributed by atoms with van der Waals surface area (Å²) in [6.45, 7) is 22.0. The van der Waals surface area contributed by atoms with E-state index in [-0.39, 0.29) is 62.2 Å². The minimum atomic E-state index is -1.72. The van der Waals surface area contributed by atoms with E-state index in [1.165, 1.54) is 0 Å². The number of carbonyl (C=O) groups excluding carboxylic acids is 8. The zero-order chi connectivity index (χ0) is 54.8. The van der Waals surface area contributed by atoms with E-state index in [0.29, 0.717) is 12.3 Å². The molecule has 0 saturated carbocycles. The highest BCUT2D eigenvalue weighted by atomic mass is 16.5. The molecule has 0 aromatic rings. The van der Waals surface area contributed by atoms with Gasteiger partial charge < -0.3 is 52.2 Å². The summed E-state index contributed by atoms with van der Waals surface area (Å²) in [4.78, 5) is 136. The first-order valence-electron chi connectivity index (χ1n) is 26.3. The van der Waals surface area contributed by atoms with Gasteiger partial charge in [0.25, 0.3) is 0 Å². The molecule has 0 radical (unpaired) electrons. The summed E-state index contributed by atoms with van der Waals surface area (Å²) in [7, 11) is 0. The molecule has 0 spiro atoms. The lowest BCUT2D eigenvalue weighted by Crippen LogP contribution is -2.61. The molecule has 1 rings (SSSR count). The summed E-state index contributed by atoms with van der Waals surface area (Å²) < 4.78 is 6.03. The fourth-order valence-corrected chi connectivity index (χ4v) is 8.40. The molecule has 1 aliphatic rings. The van der Waals surface area contributed by atoms with E-state index in [2.05, 4.69) is 51.1 Å². The Morgan fingerprint density at radius 3 is 1.31 bits per heavy atom. The number of carbonyl (C=O) groups is 10. The van der Waals surface area contributed by atoms with Gasteiger partial charge in [0, 0.05) is 6.42 Å². The zero-order valence-corrected chi connectivity index (χ0v) is 45.3. The van der Waals surface area contributed by atoms with Gasteiger partial charge in [-0.2, -0.15) is 0 Å². The average molecular weight is 1020 g/mol. The number of unbranched alkanes of at least 4 members (excludes halogenated alkanes) is 5. The first-order chi connectivity index (χ1) is 33.6. The Balaban J connectivity index is 3.98. The van der Waals surface area contributed by atoms with Crippen molar-refractivity contribution in [1.29, 1.82) is 0 Å². The summed E-state index contributed by atoms with van der Waals surface area (Å²) in [5.41, 5.74) is 0. The summed E-state index contributed by atoms with van der Waals surface area (Å²) in [5.74, 6) is -10.2. The van der Waals surface area contributed by atoms with Crippen molar-refractivity contribution in [1.82, 2.24) is 37.2 Å². The molecule has 1 aliphatic heterocycles. The van der Waals surface area contributed by atoms with Crippen molar-refractivity contribution in [2.45, 2.75) is 234 Å². The predicted molar refractivity (Wildman–Crippen MR) is 272 cm³/mol. The van der Waals surface area contributed by atoms with Crippen LogP contribution < -0.4 is 37.2 Å². The number of rotatable bonds is 23. The lowest BCUT2D eigenvalue weighted by molar-refractivity contribution is -0.155. The van der Waals surface area contributed by atoms with Crippen molar-refractivity contribution in [2.75, 3.05) is 0 Å². The third kappa shape index (κ3) is 26.9. The van der Waals surface area contributed by atoms with Gasteiger partial charge in [0.2, 0.25) is 41.4 Å². The second-order valence-electron chi connectivity index (χ2n) is 22.1. The molecule has 0 aromatic carbocycles. The number of amides is 7. The van der Waals surface area contributed by atoms with Crippen LogP contribution in [0.25, 0.3) is 0 Å².